The van der Waals surface area contributed by atoms with Gasteiger partial charge in [0.25, 0.3) is 5.56 Å². The Kier molecular flexibility index (Phi) is 4.00. The number of nitrogens with two attached hydrogens (primary N) is 1. The van der Waals surface area contributed by atoms with Crippen molar-refractivity contribution in [3.8, 4) is 0 Å². The third-order valence-electron chi connectivity index (χ3n) is 3.70. The van der Waals surface area contributed by atoms with Crippen LogP contribution >= 0.6 is 0 Å². The van der Waals surface area contributed by atoms with Crippen molar-refractivity contribution in [3.05, 3.63) is 33.7 Å². The quantitative estimate of drug-likeness (QED) is 0.869. The molecule has 0 atom stereocenters. The summed E-state index contributed by atoms with van der Waals surface area (Å²) >= 11 is 0. The minimum Gasteiger partial charge on any atom is -0.326 e. The molecule has 17 heavy (non-hydrogen) atoms. The van der Waals surface area contributed by atoms with Crippen LogP contribution in [0.15, 0.2) is 16.9 Å². The number of nitrogens with zero attached hydrogens (tertiary/aromatic N) is 1. The van der Waals surface area contributed by atoms with E-state index >= 15 is 0 Å². The highest BCUT2D eigenvalue weighted by Gasteiger charge is 2.20. The molecule has 3 heteroatoms. The zero-order valence-electron chi connectivity index (χ0n) is 10.6. The first kappa shape index (κ1) is 12.4. The van der Waals surface area contributed by atoms with Crippen LogP contribution in [0.25, 0.3) is 0 Å². The molecule has 0 unspecified atom stereocenters. The molecule has 0 aliphatic heterocycles. The summed E-state index contributed by atoms with van der Waals surface area (Å²) < 4.78 is 2.03. The number of aromatic nitrogens is 1. The molecule has 94 valence electrons. The van der Waals surface area contributed by atoms with E-state index in [0.29, 0.717) is 12.6 Å². The first-order valence-electron chi connectivity index (χ1n) is 6.71. The van der Waals surface area contributed by atoms with E-state index < -0.39 is 0 Å². The zero-order chi connectivity index (χ0) is 12.3. The second kappa shape index (κ2) is 5.50. The van der Waals surface area contributed by atoms with Crippen LogP contribution in [0.3, 0.4) is 0 Å². The lowest BCUT2D eigenvalue weighted by atomic mass is 10.1. The van der Waals surface area contributed by atoms with Crippen molar-refractivity contribution in [2.45, 2.75) is 58.0 Å². The first-order chi connectivity index (χ1) is 8.27. The van der Waals surface area contributed by atoms with Gasteiger partial charge in [0.15, 0.2) is 0 Å². The zero-order valence-corrected chi connectivity index (χ0v) is 10.6. The molecule has 2 rings (SSSR count). The van der Waals surface area contributed by atoms with E-state index in [9.17, 15) is 4.79 Å². The summed E-state index contributed by atoms with van der Waals surface area (Å²) in [5.41, 5.74) is 7.70. The predicted molar refractivity (Wildman–Crippen MR) is 70.1 cm³/mol. The molecule has 1 aliphatic carbocycles. The smallest absolute Gasteiger partial charge is 0.255 e. The minimum atomic E-state index is 0.144. The summed E-state index contributed by atoms with van der Waals surface area (Å²) in [6.07, 6.45) is 6.84. The Hall–Kier alpha value is -1.09. The van der Waals surface area contributed by atoms with Gasteiger partial charge in [0, 0.05) is 23.8 Å². The van der Waals surface area contributed by atoms with Gasteiger partial charge in [-0.15, -0.1) is 0 Å². The molecule has 1 aromatic heterocycles. The molecule has 1 aromatic rings. The number of hydrogen-bond acceptors (Lipinski definition) is 2. The summed E-state index contributed by atoms with van der Waals surface area (Å²) in [6, 6.07) is 4.40. The summed E-state index contributed by atoms with van der Waals surface area (Å²) in [4.78, 5) is 12.4. The largest absolute Gasteiger partial charge is 0.326 e. The lowest BCUT2D eigenvalue weighted by molar-refractivity contribution is 0.478. The van der Waals surface area contributed by atoms with Crippen LogP contribution in [-0.2, 0) is 13.0 Å². The third-order valence-corrected chi connectivity index (χ3v) is 3.70. The van der Waals surface area contributed by atoms with Crippen molar-refractivity contribution in [2.75, 3.05) is 0 Å². The predicted octanol–water partition coefficient (Wildman–Crippen LogP) is 2.37. The topological polar surface area (TPSA) is 48.0 Å². The van der Waals surface area contributed by atoms with Gasteiger partial charge in [-0.05, 0) is 25.3 Å². The van der Waals surface area contributed by atoms with Crippen molar-refractivity contribution < 1.29 is 0 Å². The van der Waals surface area contributed by atoms with Gasteiger partial charge in [0.05, 0.1) is 0 Å². The molecule has 1 saturated carbocycles. The molecule has 0 radical (unpaired) electrons. The maximum Gasteiger partial charge on any atom is 0.255 e. The van der Waals surface area contributed by atoms with Crippen molar-refractivity contribution in [1.29, 1.82) is 0 Å². The van der Waals surface area contributed by atoms with E-state index in [-0.39, 0.29) is 5.56 Å². The van der Waals surface area contributed by atoms with E-state index in [2.05, 4.69) is 13.0 Å². The second-order valence-corrected chi connectivity index (χ2v) is 4.92. The maximum atomic E-state index is 12.4. The fourth-order valence-corrected chi connectivity index (χ4v) is 2.81. The van der Waals surface area contributed by atoms with Gasteiger partial charge in [0.2, 0.25) is 0 Å². The second-order valence-electron chi connectivity index (χ2n) is 4.92. The molecular weight excluding hydrogens is 212 g/mol. The van der Waals surface area contributed by atoms with Gasteiger partial charge < -0.3 is 10.3 Å². The van der Waals surface area contributed by atoms with Crippen LogP contribution in [0.5, 0.6) is 0 Å². The molecule has 1 heterocycles. The molecule has 1 fully saturated rings. The lowest BCUT2D eigenvalue weighted by Crippen LogP contribution is -2.30. The molecular formula is C14H22N2O. The summed E-state index contributed by atoms with van der Waals surface area (Å²) in [7, 11) is 0. The van der Waals surface area contributed by atoms with Crippen LogP contribution in [0.2, 0.25) is 0 Å². The Bertz CT molecular complexity index is 430. The average molecular weight is 234 g/mol. The van der Waals surface area contributed by atoms with Gasteiger partial charge >= 0.3 is 0 Å². The molecule has 0 bridgehead atoms. The standard InChI is InChI=1S/C14H22N2O/c1-2-5-12-9-8-11(10-15)14(17)16(12)13-6-3-4-7-13/h8-9,13H,2-7,10,15H2,1H3. The lowest BCUT2D eigenvalue weighted by Gasteiger charge is -2.19. The Balaban J connectivity index is 2.46. The Morgan fingerprint density at radius 2 is 2.06 bits per heavy atom. The number of pyridine rings is 1. The van der Waals surface area contributed by atoms with Gasteiger partial charge in [-0.3, -0.25) is 4.79 Å². The van der Waals surface area contributed by atoms with Crippen LogP contribution in [0.1, 0.15) is 56.3 Å². The molecule has 0 aromatic carbocycles. The Labute approximate surface area is 103 Å². The summed E-state index contributed by atoms with van der Waals surface area (Å²) in [5, 5.41) is 0. The van der Waals surface area contributed by atoms with Gasteiger partial charge in [0.1, 0.15) is 0 Å². The monoisotopic (exact) mass is 234 g/mol. The molecule has 1 aliphatic rings. The van der Waals surface area contributed by atoms with Crippen molar-refractivity contribution in [2.24, 2.45) is 5.73 Å². The number of hydrogen-bond donors (Lipinski definition) is 1. The summed E-state index contributed by atoms with van der Waals surface area (Å²) in [5.74, 6) is 0. The summed E-state index contributed by atoms with van der Waals surface area (Å²) in [6.45, 7) is 2.50. The van der Waals surface area contributed by atoms with E-state index in [1.807, 2.05) is 10.6 Å². The molecule has 0 spiro atoms. The van der Waals surface area contributed by atoms with Gasteiger partial charge in [-0.25, -0.2) is 0 Å². The average Bonchev–Trinajstić information content (AvgIpc) is 2.83. The normalized spacial score (nSPS) is 16.6. The fraction of sp³-hybridized carbons (Fsp3) is 0.643. The molecule has 0 amide bonds. The number of aryl methyl sites for hydroxylation is 1. The molecule has 2 N–H and O–H groups in total. The van der Waals surface area contributed by atoms with Crippen LogP contribution < -0.4 is 11.3 Å². The van der Waals surface area contributed by atoms with Crippen LogP contribution in [-0.4, -0.2) is 4.57 Å². The fourth-order valence-electron chi connectivity index (χ4n) is 2.81. The number of rotatable bonds is 4. The Morgan fingerprint density at radius 3 is 2.65 bits per heavy atom. The molecule has 3 nitrogen and oxygen atoms in total. The van der Waals surface area contributed by atoms with Gasteiger partial charge in [-0.1, -0.05) is 32.3 Å². The van der Waals surface area contributed by atoms with Crippen molar-refractivity contribution in [1.82, 2.24) is 4.57 Å². The van der Waals surface area contributed by atoms with E-state index in [0.717, 1.165) is 31.2 Å². The highest BCUT2D eigenvalue weighted by atomic mass is 16.1. The van der Waals surface area contributed by atoms with Crippen molar-refractivity contribution in [3.63, 3.8) is 0 Å². The van der Waals surface area contributed by atoms with E-state index in [1.165, 1.54) is 18.5 Å². The van der Waals surface area contributed by atoms with Crippen molar-refractivity contribution >= 4 is 0 Å². The highest BCUT2D eigenvalue weighted by molar-refractivity contribution is 5.17. The van der Waals surface area contributed by atoms with E-state index in [4.69, 9.17) is 5.73 Å². The Morgan fingerprint density at radius 1 is 1.35 bits per heavy atom. The minimum absolute atomic E-state index is 0.144. The van der Waals surface area contributed by atoms with Gasteiger partial charge in [-0.2, -0.15) is 0 Å². The molecule has 0 saturated heterocycles. The van der Waals surface area contributed by atoms with Crippen LogP contribution in [0, 0.1) is 0 Å². The SMILES string of the molecule is CCCc1ccc(CN)c(=O)n1C1CCCC1. The van der Waals surface area contributed by atoms with E-state index in [1.54, 1.807) is 0 Å². The van der Waals surface area contributed by atoms with Crippen LogP contribution in [0.4, 0.5) is 0 Å². The highest BCUT2D eigenvalue weighted by Crippen LogP contribution is 2.29. The maximum absolute atomic E-state index is 12.4. The first-order valence-corrected chi connectivity index (χ1v) is 6.71. The third kappa shape index (κ3) is 2.44.